The van der Waals surface area contributed by atoms with E-state index in [2.05, 4.69) is 0 Å². The number of rotatable bonds is 4. The third kappa shape index (κ3) is 2.84. The zero-order chi connectivity index (χ0) is 14.8. The number of ether oxygens (including phenoxy) is 2. The number of Topliss-reactive ketones (excluding diaryl/α,β-unsaturated/α-hetero) is 1. The van der Waals surface area contributed by atoms with E-state index >= 15 is 0 Å². The lowest BCUT2D eigenvalue weighted by atomic mass is 10.0. The highest BCUT2D eigenvalue weighted by atomic mass is 16.6. The van der Waals surface area contributed by atoms with Gasteiger partial charge in [0.1, 0.15) is 6.61 Å². The molecule has 4 heteroatoms. The summed E-state index contributed by atoms with van der Waals surface area (Å²) < 4.78 is 10.7. The predicted molar refractivity (Wildman–Crippen MR) is 76.8 cm³/mol. The Balaban J connectivity index is 1.85. The Labute approximate surface area is 123 Å². The molecule has 0 aromatic heterocycles. The topological polar surface area (TPSA) is 52.6 Å². The lowest BCUT2D eigenvalue weighted by Gasteiger charge is -2.12. The lowest BCUT2D eigenvalue weighted by molar-refractivity contribution is -0.140. The first-order valence-corrected chi connectivity index (χ1v) is 7.33. The van der Waals surface area contributed by atoms with Crippen molar-refractivity contribution >= 4 is 11.8 Å². The summed E-state index contributed by atoms with van der Waals surface area (Å²) in [5.74, 6) is -0.585. The van der Waals surface area contributed by atoms with Crippen molar-refractivity contribution in [1.82, 2.24) is 0 Å². The van der Waals surface area contributed by atoms with E-state index in [4.69, 9.17) is 9.47 Å². The predicted octanol–water partition coefficient (Wildman–Crippen LogP) is 2.95. The highest BCUT2D eigenvalue weighted by Crippen LogP contribution is 2.28. The minimum Gasteiger partial charge on any atom is -0.483 e. The molecule has 0 unspecified atom stereocenters. The molecular weight excluding hydrogens is 268 g/mol. The van der Waals surface area contributed by atoms with Crippen molar-refractivity contribution < 1.29 is 19.1 Å². The van der Waals surface area contributed by atoms with Crippen molar-refractivity contribution in [2.45, 2.75) is 38.7 Å². The maximum Gasteiger partial charge on any atom is 0.374 e. The Morgan fingerprint density at radius 3 is 2.52 bits per heavy atom. The first kappa shape index (κ1) is 13.9. The summed E-state index contributed by atoms with van der Waals surface area (Å²) in [6.07, 6.45) is 4.11. The maximum atomic E-state index is 12.5. The number of esters is 1. The standard InChI is InChI=1S/C17H18O4/c1-11-6-8-12(9-7-11)15(18)14-10-20-17(19)16(14)21-13-4-2-3-5-13/h6-9,13H,2-5,10H2,1H3. The van der Waals surface area contributed by atoms with E-state index in [0.29, 0.717) is 11.1 Å². The zero-order valence-electron chi connectivity index (χ0n) is 12.1. The molecule has 1 saturated carbocycles. The first-order valence-electron chi connectivity index (χ1n) is 7.33. The lowest BCUT2D eigenvalue weighted by Crippen LogP contribution is -2.14. The van der Waals surface area contributed by atoms with E-state index in [9.17, 15) is 9.59 Å². The zero-order valence-corrected chi connectivity index (χ0v) is 12.1. The van der Waals surface area contributed by atoms with E-state index in [1.807, 2.05) is 19.1 Å². The summed E-state index contributed by atoms with van der Waals surface area (Å²) in [5.41, 5.74) is 1.99. The van der Waals surface area contributed by atoms with Crippen LogP contribution in [0.1, 0.15) is 41.6 Å². The second-order valence-corrected chi connectivity index (χ2v) is 5.60. The van der Waals surface area contributed by atoms with Gasteiger partial charge in [-0.25, -0.2) is 4.79 Å². The molecule has 2 aliphatic rings. The molecule has 4 nitrogen and oxygen atoms in total. The fourth-order valence-electron chi connectivity index (χ4n) is 2.73. The van der Waals surface area contributed by atoms with Crippen LogP contribution in [0.5, 0.6) is 0 Å². The Bertz CT molecular complexity index is 592. The molecule has 0 N–H and O–H groups in total. The summed E-state index contributed by atoms with van der Waals surface area (Å²) in [5, 5.41) is 0. The fraction of sp³-hybridized carbons (Fsp3) is 0.412. The molecule has 1 fully saturated rings. The molecule has 1 aliphatic carbocycles. The highest BCUT2D eigenvalue weighted by molar-refractivity contribution is 6.14. The number of carbonyl (C=O) groups excluding carboxylic acids is 2. The molecule has 1 aromatic carbocycles. The molecule has 0 radical (unpaired) electrons. The molecule has 0 saturated heterocycles. The van der Waals surface area contributed by atoms with Crippen LogP contribution in [0.25, 0.3) is 0 Å². The maximum absolute atomic E-state index is 12.5. The SMILES string of the molecule is Cc1ccc(C(=O)C2=C(OC3CCCC3)C(=O)OC2)cc1. The fourth-order valence-corrected chi connectivity index (χ4v) is 2.73. The molecular formula is C17H18O4. The molecule has 1 aromatic rings. The Morgan fingerprint density at radius 1 is 1.19 bits per heavy atom. The van der Waals surface area contributed by atoms with Gasteiger partial charge in [-0.1, -0.05) is 29.8 Å². The molecule has 1 aliphatic heterocycles. The largest absolute Gasteiger partial charge is 0.483 e. The molecule has 0 bridgehead atoms. The van der Waals surface area contributed by atoms with E-state index in [1.165, 1.54) is 0 Å². The minimum absolute atomic E-state index is 0.00754. The van der Waals surface area contributed by atoms with Crippen molar-refractivity contribution in [3.63, 3.8) is 0 Å². The molecule has 21 heavy (non-hydrogen) atoms. The van der Waals surface area contributed by atoms with Crippen LogP contribution < -0.4 is 0 Å². The Kier molecular flexibility index (Phi) is 3.78. The average Bonchev–Trinajstić information content (AvgIpc) is 3.11. The van der Waals surface area contributed by atoms with Gasteiger partial charge in [0.25, 0.3) is 0 Å². The highest BCUT2D eigenvalue weighted by Gasteiger charge is 2.34. The second-order valence-electron chi connectivity index (χ2n) is 5.60. The van der Waals surface area contributed by atoms with Crippen LogP contribution in [-0.4, -0.2) is 24.5 Å². The second kappa shape index (κ2) is 5.72. The van der Waals surface area contributed by atoms with Gasteiger partial charge in [-0.05, 0) is 32.6 Å². The van der Waals surface area contributed by atoms with E-state index in [1.54, 1.807) is 12.1 Å². The van der Waals surface area contributed by atoms with Crippen LogP contribution in [0.4, 0.5) is 0 Å². The number of cyclic esters (lactones) is 1. The van der Waals surface area contributed by atoms with Gasteiger partial charge in [0.2, 0.25) is 5.76 Å². The van der Waals surface area contributed by atoms with Crippen LogP contribution in [0, 0.1) is 6.92 Å². The van der Waals surface area contributed by atoms with Crippen LogP contribution >= 0.6 is 0 Å². The van der Waals surface area contributed by atoms with Gasteiger partial charge in [-0.3, -0.25) is 4.79 Å². The van der Waals surface area contributed by atoms with Gasteiger partial charge in [-0.2, -0.15) is 0 Å². The number of aryl methyl sites for hydroxylation is 1. The van der Waals surface area contributed by atoms with Gasteiger partial charge >= 0.3 is 5.97 Å². The Hall–Kier alpha value is -2.10. The van der Waals surface area contributed by atoms with Crippen molar-refractivity contribution in [3.05, 3.63) is 46.7 Å². The number of carbonyl (C=O) groups is 2. The molecule has 1 heterocycles. The molecule has 3 rings (SSSR count). The number of ketones is 1. The number of benzene rings is 1. The van der Waals surface area contributed by atoms with Crippen LogP contribution in [0.2, 0.25) is 0 Å². The molecule has 0 amide bonds. The van der Waals surface area contributed by atoms with Crippen LogP contribution in [0.15, 0.2) is 35.6 Å². The van der Waals surface area contributed by atoms with Crippen LogP contribution in [-0.2, 0) is 14.3 Å². The third-order valence-electron chi connectivity index (χ3n) is 3.98. The molecule has 110 valence electrons. The van der Waals surface area contributed by atoms with E-state index in [0.717, 1.165) is 31.2 Å². The molecule has 0 spiro atoms. The summed E-state index contributed by atoms with van der Waals surface area (Å²) >= 11 is 0. The number of hydrogen-bond donors (Lipinski definition) is 0. The summed E-state index contributed by atoms with van der Waals surface area (Å²) in [6, 6.07) is 7.28. The summed E-state index contributed by atoms with van der Waals surface area (Å²) in [7, 11) is 0. The van der Waals surface area contributed by atoms with Gasteiger partial charge in [0.15, 0.2) is 5.78 Å². The van der Waals surface area contributed by atoms with Gasteiger partial charge < -0.3 is 9.47 Å². The average molecular weight is 286 g/mol. The minimum atomic E-state index is -0.516. The van der Waals surface area contributed by atoms with Gasteiger partial charge in [0, 0.05) is 5.56 Å². The van der Waals surface area contributed by atoms with Crippen molar-refractivity contribution in [2.24, 2.45) is 0 Å². The first-order chi connectivity index (χ1) is 10.1. The van der Waals surface area contributed by atoms with Gasteiger partial charge in [-0.15, -0.1) is 0 Å². The van der Waals surface area contributed by atoms with Gasteiger partial charge in [0.05, 0.1) is 11.7 Å². The van der Waals surface area contributed by atoms with Crippen LogP contribution in [0.3, 0.4) is 0 Å². The Morgan fingerprint density at radius 2 is 1.86 bits per heavy atom. The summed E-state index contributed by atoms with van der Waals surface area (Å²) in [4.78, 5) is 24.3. The monoisotopic (exact) mass is 286 g/mol. The van der Waals surface area contributed by atoms with E-state index in [-0.39, 0.29) is 24.3 Å². The van der Waals surface area contributed by atoms with Crippen molar-refractivity contribution in [3.8, 4) is 0 Å². The number of hydrogen-bond acceptors (Lipinski definition) is 4. The van der Waals surface area contributed by atoms with E-state index < -0.39 is 5.97 Å². The summed E-state index contributed by atoms with van der Waals surface area (Å²) in [6.45, 7) is 1.97. The third-order valence-corrected chi connectivity index (χ3v) is 3.98. The smallest absolute Gasteiger partial charge is 0.374 e. The quantitative estimate of drug-likeness (QED) is 0.631. The normalized spacial score (nSPS) is 19.0. The van der Waals surface area contributed by atoms with Crippen molar-refractivity contribution in [2.75, 3.05) is 6.61 Å². The van der Waals surface area contributed by atoms with Crippen molar-refractivity contribution in [1.29, 1.82) is 0 Å². The molecule has 0 atom stereocenters.